The number of carbonyl (C=O) groups excluding carboxylic acids is 1. The number of nitrogens with zero attached hydrogens (tertiary/aromatic N) is 2. The molecule has 0 aliphatic heterocycles. The lowest BCUT2D eigenvalue weighted by Crippen LogP contribution is -2.23. The number of nitrogens with two attached hydrogens (primary N) is 1. The van der Waals surface area contributed by atoms with Crippen LogP contribution in [0.4, 0.5) is 11.5 Å². The van der Waals surface area contributed by atoms with Gasteiger partial charge in [0.15, 0.2) is 5.96 Å². The van der Waals surface area contributed by atoms with Crippen molar-refractivity contribution in [3.63, 3.8) is 0 Å². The maximum atomic E-state index is 12.2. The topological polar surface area (TPSA) is 92.4 Å². The minimum absolute atomic E-state index is 0.120. The fourth-order valence-corrected chi connectivity index (χ4v) is 2.96. The molecule has 2 aromatic rings. The van der Waals surface area contributed by atoms with Crippen molar-refractivity contribution in [2.75, 3.05) is 10.6 Å². The van der Waals surface area contributed by atoms with Crippen LogP contribution >= 0.6 is 0 Å². The van der Waals surface area contributed by atoms with Crippen LogP contribution < -0.4 is 16.4 Å². The number of amides is 1. The Morgan fingerprint density at radius 1 is 1.16 bits per heavy atom. The van der Waals surface area contributed by atoms with E-state index in [1.807, 2.05) is 42.5 Å². The summed E-state index contributed by atoms with van der Waals surface area (Å²) < 4.78 is 0. The summed E-state index contributed by atoms with van der Waals surface area (Å²) in [5.74, 6) is 1.23. The second-order valence-corrected chi connectivity index (χ2v) is 6.21. The van der Waals surface area contributed by atoms with E-state index in [-0.39, 0.29) is 11.8 Å². The van der Waals surface area contributed by atoms with Crippen LogP contribution in [0.3, 0.4) is 0 Å². The Hall–Kier alpha value is -2.89. The van der Waals surface area contributed by atoms with Gasteiger partial charge in [0, 0.05) is 17.8 Å². The van der Waals surface area contributed by atoms with Crippen LogP contribution in [0.1, 0.15) is 31.2 Å². The van der Waals surface area contributed by atoms with Crippen molar-refractivity contribution >= 4 is 23.4 Å². The minimum atomic E-state index is 0.120. The van der Waals surface area contributed by atoms with Crippen LogP contribution in [0.25, 0.3) is 0 Å². The largest absolute Gasteiger partial charge is 0.370 e. The van der Waals surface area contributed by atoms with E-state index < -0.39 is 0 Å². The molecule has 1 amide bonds. The molecule has 0 atom stereocenters. The van der Waals surface area contributed by atoms with Crippen molar-refractivity contribution in [1.29, 1.82) is 0 Å². The Morgan fingerprint density at radius 2 is 2.00 bits per heavy atom. The highest BCUT2D eigenvalue weighted by atomic mass is 16.1. The van der Waals surface area contributed by atoms with Gasteiger partial charge >= 0.3 is 0 Å². The number of anilines is 2. The van der Waals surface area contributed by atoms with Gasteiger partial charge in [-0.15, -0.1) is 0 Å². The molecule has 1 aromatic carbocycles. The standard InChI is InChI=1S/C19H23N5O/c20-19(24-17-10-3-4-11-21-17)22-13-14-6-5-9-16(12-14)23-18(25)15-7-1-2-8-15/h3-6,9-12,15H,1-2,7-8,13H2,(H,23,25)(H3,20,21,22,24). The third-order valence-corrected chi connectivity index (χ3v) is 4.27. The number of aliphatic imine (C=N–C) groups is 1. The van der Waals surface area contributed by atoms with Gasteiger partial charge in [-0.25, -0.2) is 9.98 Å². The Labute approximate surface area is 147 Å². The number of rotatable bonds is 5. The van der Waals surface area contributed by atoms with Crippen molar-refractivity contribution in [1.82, 2.24) is 4.98 Å². The molecule has 3 rings (SSSR count). The number of hydrogen-bond donors (Lipinski definition) is 3. The molecule has 1 aromatic heterocycles. The normalized spacial score (nSPS) is 15.1. The van der Waals surface area contributed by atoms with E-state index in [4.69, 9.17) is 5.73 Å². The lowest BCUT2D eigenvalue weighted by Gasteiger charge is -2.11. The van der Waals surface area contributed by atoms with E-state index in [2.05, 4.69) is 20.6 Å². The quantitative estimate of drug-likeness (QED) is 0.577. The molecule has 25 heavy (non-hydrogen) atoms. The summed E-state index contributed by atoms with van der Waals surface area (Å²) in [6.07, 6.45) is 5.97. The summed E-state index contributed by atoms with van der Waals surface area (Å²) in [6, 6.07) is 13.2. The summed E-state index contributed by atoms with van der Waals surface area (Å²) in [5, 5.41) is 5.95. The van der Waals surface area contributed by atoms with Crippen LogP contribution in [-0.4, -0.2) is 16.9 Å². The third-order valence-electron chi connectivity index (χ3n) is 4.27. The van der Waals surface area contributed by atoms with E-state index in [9.17, 15) is 4.79 Å². The molecule has 0 unspecified atom stereocenters. The van der Waals surface area contributed by atoms with E-state index in [1.54, 1.807) is 6.20 Å². The number of hydrogen-bond acceptors (Lipinski definition) is 3. The van der Waals surface area contributed by atoms with Crippen LogP contribution in [-0.2, 0) is 11.3 Å². The first kappa shape index (κ1) is 17.0. The van der Waals surface area contributed by atoms with Gasteiger partial charge in [-0.2, -0.15) is 0 Å². The maximum absolute atomic E-state index is 12.2. The molecule has 130 valence electrons. The first-order valence-corrected chi connectivity index (χ1v) is 8.58. The molecule has 0 bridgehead atoms. The Balaban J connectivity index is 1.57. The molecule has 1 saturated carbocycles. The second-order valence-electron chi connectivity index (χ2n) is 6.21. The van der Waals surface area contributed by atoms with Crippen molar-refractivity contribution in [2.45, 2.75) is 32.2 Å². The predicted octanol–water partition coefficient (Wildman–Crippen LogP) is 3.14. The summed E-state index contributed by atoms with van der Waals surface area (Å²) in [6.45, 7) is 0.429. The number of aromatic nitrogens is 1. The molecule has 6 nitrogen and oxygen atoms in total. The number of benzene rings is 1. The van der Waals surface area contributed by atoms with Gasteiger partial charge in [0.1, 0.15) is 5.82 Å². The lowest BCUT2D eigenvalue weighted by atomic mass is 10.1. The van der Waals surface area contributed by atoms with E-state index in [0.29, 0.717) is 18.3 Å². The minimum Gasteiger partial charge on any atom is -0.370 e. The molecule has 6 heteroatoms. The van der Waals surface area contributed by atoms with E-state index in [0.717, 1.165) is 36.9 Å². The van der Waals surface area contributed by atoms with E-state index >= 15 is 0 Å². The average Bonchev–Trinajstić information content (AvgIpc) is 3.16. The van der Waals surface area contributed by atoms with Crippen molar-refractivity contribution < 1.29 is 4.79 Å². The van der Waals surface area contributed by atoms with Crippen LogP contribution in [0, 0.1) is 5.92 Å². The molecule has 1 aliphatic rings. The second kappa shape index (κ2) is 8.28. The summed E-state index contributed by atoms with van der Waals surface area (Å²) in [4.78, 5) is 20.7. The van der Waals surface area contributed by atoms with Crippen LogP contribution in [0.2, 0.25) is 0 Å². The van der Waals surface area contributed by atoms with Gasteiger partial charge in [0.25, 0.3) is 0 Å². The lowest BCUT2D eigenvalue weighted by molar-refractivity contribution is -0.119. The molecule has 0 radical (unpaired) electrons. The Kier molecular flexibility index (Phi) is 5.61. The highest BCUT2D eigenvalue weighted by Crippen LogP contribution is 2.26. The van der Waals surface area contributed by atoms with E-state index in [1.165, 1.54) is 0 Å². The fraction of sp³-hybridized carbons (Fsp3) is 0.316. The van der Waals surface area contributed by atoms with Gasteiger partial charge in [0.2, 0.25) is 5.91 Å². The average molecular weight is 337 g/mol. The molecule has 1 fully saturated rings. The van der Waals surface area contributed by atoms with Crippen molar-refractivity contribution in [3.8, 4) is 0 Å². The zero-order valence-corrected chi connectivity index (χ0v) is 14.1. The van der Waals surface area contributed by atoms with Gasteiger partial charge in [-0.1, -0.05) is 31.0 Å². The highest BCUT2D eigenvalue weighted by Gasteiger charge is 2.22. The predicted molar refractivity (Wildman–Crippen MR) is 100 cm³/mol. The molecule has 1 heterocycles. The fourth-order valence-electron chi connectivity index (χ4n) is 2.96. The van der Waals surface area contributed by atoms with Crippen LogP contribution in [0.5, 0.6) is 0 Å². The number of nitrogens with one attached hydrogen (secondary N) is 2. The van der Waals surface area contributed by atoms with Gasteiger partial charge in [-0.3, -0.25) is 4.79 Å². The molecule has 0 spiro atoms. The van der Waals surface area contributed by atoms with Crippen LogP contribution in [0.15, 0.2) is 53.7 Å². The van der Waals surface area contributed by atoms with Gasteiger partial charge in [0.05, 0.1) is 6.54 Å². The summed E-state index contributed by atoms with van der Waals surface area (Å²) in [7, 11) is 0. The third kappa shape index (κ3) is 5.04. The molecule has 0 saturated heterocycles. The summed E-state index contributed by atoms with van der Waals surface area (Å²) in [5.41, 5.74) is 7.67. The van der Waals surface area contributed by atoms with Gasteiger partial charge in [-0.05, 0) is 42.7 Å². The zero-order valence-electron chi connectivity index (χ0n) is 14.1. The first-order chi connectivity index (χ1) is 12.2. The smallest absolute Gasteiger partial charge is 0.227 e. The summed E-state index contributed by atoms with van der Waals surface area (Å²) >= 11 is 0. The zero-order chi connectivity index (χ0) is 17.5. The monoisotopic (exact) mass is 337 g/mol. The number of guanidine groups is 1. The Bertz CT molecular complexity index is 738. The first-order valence-electron chi connectivity index (χ1n) is 8.58. The number of carbonyl (C=O) groups is 1. The molecular formula is C19H23N5O. The molecular weight excluding hydrogens is 314 g/mol. The molecule has 4 N–H and O–H groups in total. The number of pyridine rings is 1. The SMILES string of the molecule is NC(=NCc1cccc(NC(=O)C2CCCC2)c1)Nc1ccccn1. The van der Waals surface area contributed by atoms with Crippen molar-refractivity contribution in [3.05, 3.63) is 54.2 Å². The maximum Gasteiger partial charge on any atom is 0.227 e. The highest BCUT2D eigenvalue weighted by molar-refractivity contribution is 5.93. The molecule has 1 aliphatic carbocycles. The van der Waals surface area contributed by atoms with Gasteiger partial charge < -0.3 is 16.4 Å². The van der Waals surface area contributed by atoms with Crippen molar-refractivity contribution in [2.24, 2.45) is 16.6 Å². The Morgan fingerprint density at radius 3 is 2.76 bits per heavy atom.